The summed E-state index contributed by atoms with van der Waals surface area (Å²) in [4.78, 5) is 4.18. The Morgan fingerprint density at radius 1 is 0.909 bits per heavy atom. The van der Waals surface area contributed by atoms with Crippen LogP contribution in [-0.2, 0) is 0 Å². The monoisotopic (exact) mass is 296 g/mol. The number of rotatable bonds is 2. The number of benzene rings is 2. The number of nitriles is 1. The Morgan fingerprint density at radius 2 is 1.41 bits per heavy atom. The fourth-order valence-electron chi connectivity index (χ4n) is 2.22. The first kappa shape index (κ1) is 13.8. The van der Waals surface area contributed by atoms with Gasteiger partial charge in [0, 0.05) is 11.1 Å². The first-order valence-electron chi connectivity index (χ1n) is 6.40. The van der Waals surface area contributed by atoms with E-state index in [0.29, 0.717) is 22.5 Å². The van der Waals surface area contributed by atoms with Gasteiger partial charge in [-0.25, -0.2) is 18.3 Å². The van der Waals surface area contributed by atoms with Crippen LogP contribution in [0.15, 0.2) is 48.5 Å². The third-order valence-corrected chi connectivity index (χ3v) is 3.24. The average Bonchev–Trinajstić information content (AvgIpc) is 2.85. The van der Waals surface area contributed by atoms with E-state index in [2.05, 4.69) is 4.98 Å². The number of nitrogens with two attached hydrogens (primary N) is 1. The second kappa shape index (κ2) is 5.30. The first-order chi connectivity index (χ1) is 10.6. The van der Waals surface area contributed by atoms with Crippen LogP contribution in [0.5, 0.6) is 0 Å². The van der Waals surface area contributed by atoms with Crippen molar-refractivity contribution < 1.29 is 8.78 Å². The summed E-state index contributed by atoms with van der Waals surface area (Å²) >= 11 is 0. The zero-order chi connectivity index (χ0) is 15.7. The summed E-state index contributed by atoms with van der Waals surface area (Å²) in [6.07, 6.45) is 1.94. The molecule has 0 aliphatic rings. The van der Waals surface area contributed by atoms with Gasteiger partial charge in [-0.2, -0.15) is 5.26 Å². The third kappa shape index (κ3) is 2.29. The molecule has 22 heavy (non-hydrogen) atoms. The molecule has 0 aliphatic carbocycles. The lowest BCUT2D eigenvalue weighted by atomic mass is 10.0. The topological polar surface area (TPSA) is 67.6 Å². The molecular formula is C16H10F2N4. The van der Waals surface area contributed by atoms with Gasteiger partial charge in [-0.1, -0.05) is 0 Å². The highest BCUT2D eigenvalue weighted by Gasteiger charge is 2.18. The Morgan fingerprint density at radius 3 is 1.91 bits per heavy atom. The van der Waals surface area contributed by atoms with E-state index in [1.165, 1.54) is 36.4 Å². The molecule has 3 rings (SSSR count). The summed E-state index contributed by atoms with van der Waals surface area (Å²) in [5, 5.41) is 9.28. The lowest BCUT2D eigenvalue weighted by Crippen LogP contribution is -1.98. The molecule has 0 atom stereocenters. The molecule has 2 N–H and O–H groups in total. The molecule has 6 heteroatoms. The summed E-state index contributed by atoms with van der Waals surface area (Å²) in [7, 11) is 0. The highest BCUT2D eigenvalue weighted by molar-refractivity contribution is 5.81. The second-order valence-corrected chi connectivity index (χ2v) is 4.62. The van der Waals surface area contributed by atoms with Gasteiger partial charge < -0.3 is 5.73 Å². The molecule has 0 spiro atoms. The van der Waals surface area contributed by atoms with Crippen LogP contribution in [0, 0.1) is 23.1 Å². The van der Waals surface area contributed by atoms with Crippen LogP contribution in [-0.4, -0.2) is 9.55 Å². The molecule has 0 fully saturated rings. The molecule has 3 aromatic rings. The predicted molar refractivity (Wildman–Crippen MR) is 78.4 cm³/mol. The van der Waals surface area contributed by atoms with Crippen molar-refractivity contribution in [2.24, 2.45) is 0 Å². The number of anilines is 1. The van der Waals surface area contributed by atoms with Gasteiger partial charge in [-0.05, 0) is 48.5 Å². The maximum atomic E-state index is 13.1. The van der Waals surface area contributed by atoms with Gasteiger partial charge in [0.2, 0.25) is 5.95 Å². The highest BCUT2D eigenvalue weighted by atomic mass is 19.1. The molecule has 0 unspecified atom stereocenters. The highest BCUT2D eigenvalue weighted by Crippen LogP contribution is 2.33. The summed E-state index contributed by atoms with van der Waals surface area (Å²) in [6, 6.07) is 11.3. The molecule has 0 amide bonds. The Balaban J connectivity index is 2.25. The Bertz CT molecular complexity index is 859. The van der Waals surface area contributed by atoms with Crippen LogP contribution in [0.2, 0.25) is 0 Å². The van der Waals surface area contributed by atoms with Crippen LogP contribution < -0.4 is 5.73 Å². The molecule has 0 saturated carbocycles. The van der Waals surface area contributed by atoms with Gasteiger partial charge in [-0.15, -0.1) is 0 Å². The fourth-order valence-corrected chi connectivity index (χ4v) is 2.22. The lowest BCUT2D eigenvalue weighted by Gasteiger charge is -2.05. The van der Waals surface area contributed by atoms with Crippen LogP contribution >= 0.6 is 0 Å². The Hall–Kier alpha value is -3.20. The summed E-state index contributed by atoms with van der Waals surface area (Å²) in [5.41, 5.74) is 7.84. The zero-order valence-electron chi connectivity index (χ0n) is 11.3. The van der Waals surface area contributed by atoms with E-state index >= 15 is 0 Å². The van der Waals surface area contributed by atoms with Crippen molar-refractivity contribution in [2.75, 3.05) is 5.73 Å². The number of aromatic nitrogens is 2. The van der Waals surface area contributed by atoms with Crippen molar-refractivity contribution in [1.82, 2.24) is 9.55 Å². The van der Waals surface area contributed by atoms with Gasteiger partial charge in [0.25, 0.3) is 0 Å². The van der Waals surface area contributed by atoms with Crippen LogP contribution in [0.4, 0.5) is 14.7 Å². The second-order valence-electron chi connectivity index (χ2n) is 4.62. The Kier molecular flexibility index (Phi) is 3.31. The largest absolute Gasteiger partial charge is 0.368 e. The van der Waals surface area contributed by atoms with Gasteiger partial charge in [0.05, 0.1) is 11.4 Å². The van der Waals surface area contributed by atoms with Crippen molar-refractivity contribution in [2.45, 2.75) is 0 Å². The molecule has 2 aromatic carbocycles. The SMILES string of the molecule is N#Cn1c(N)nc(-c2ccc(F)cc2)c1-c1ccc(F)cc1. The van der Waals surface area contributed by atoms with Crippen LogP contribution in [0.25, 0.3) is 22.5 Å². The maximum Gasteiger partial charge on any atom is 0.215 e. The fraction of sp³-hybridized carbons (Fsp3) is 0. The first-order valence-corrected chi connectivity index (χ1v) is 6.40. The van der Waals surface area contributed by atoms with Gasteiger partial charge in [-0.3, -0.25) is 0 Å². The number of imidazole rings is 1. The third-order valence-electron chi connectivity index (χ3n) is 3.24. The lowest BCUT2D eigenvalue weighted by molar-refractivity contribution is 0.627. The molecule has 0 radical (unpaired) electrons. The molecule has 1 heterocycles. The van der Waals surface area contributed by atoms with E-state index in [4.69, 9.17) is 5.73 Å². The maximum absolute atomic E-state index is 13.1. The summed E-state index contributed by atoms with van der Waals surface area (Å²) in [6.45, 7) is 0. The summed E-state index contributed by atoms with van der Waals surface area (Å²) in [5.74, 6) is -0.746. The van der Waals surface area contributed by atoms with Crippen LogP contribution in [0.3, 0.4) is 0 Å². The Labute approximate surface area is 125 Å². The minimum atomic E-state index is -0.386. The van der Waals surface area contributed by atoms with E-state index in [1.54, 1.807) is 12.1 Å². The smallest absolute Gasteiger partial charge is 0.215 e. The van der Waals surface area contributed by atoms with E-state index in [1.807, 2.05) is 6.19 Å². The molecule has 0 bridgehead atoms. The molecule has 0 aliphatic heterocycles. The number of halogens is 2. The molecule has 4 nitrogen and oxygen atoms in total. The van der Waals surface area contributed by atoms with Crippen molar-refractivity contribution in [3.05, 3.63) is 60.2 Å². The molecule has 108 valence electrons. The van der Waals surface area contributed by atoms with E-state index in [0.717, 1.165) is 4.57 Å². The van der Waals surface area contributed by atoms with Gasteiger partial charge in [0.1, 0.15) is 11.6 Å². The van der Waals surface area contributed by atoms with Crippen molar-refractivity contribution in [3.8, 4) is 28.7 Å². The quantitative estimate of drug-likeness (QED) is 0.788. The average molecular weight is 296 g/mol. The zero-order valence-corrected chi connectivity index (χ0v) is 11.3. The van der Waals surface area contributed by atoms with Crippen molar-refractivity contribution in [1.29, 1.82) is 5.26 Å². The van der Waals surface area contributed by atoms with Gasteiger partial charge >= 0.3 is 0 Å². The van der Waals surface area contributed by atoms with E-state index < -0.39 is 0 Å². The summed E-state index contributed by atoms with van der Waals surface area (Å²) < 4.78 is 27.3. The minimum absolute atomic E-state index is 0.0150. The number of nitrogens with zero attached hydrogens (tertiary/aromatic N) is 3. The predicted octanol–water partition coefficient (Wildman–Crippen LogP) is 3.41. The van der Waals surface area contributed by atoms with E-state index in [-0.39, 0.29) is 17.6 Å². The standard InChI is InChI=1S/C16H10F2N4/c17-12-5-1-10(2-6-12)14-15(22(9-19)16(20)21-14)11-3-7-13(18)8-4-11/h1-8H,(H2,20,21). The molecule has 1 aromatic heterocycles. The van der Waals surface area contributed by atoms with Crippen LogP contribution in [0.1, 0.15) is 0 Å². The van der Waals surface area contributed by atoms with Gasteiger partial charge in [0.15, 0.2) is 6.19 Å². The van der Waals surface area contributed by atoms with E-state index in [9.17, 15) is 14.0 Å². The molecule has 0 saturated heterocycles. The number of hydrogen-bond acceptors (Lipinski definition) is 3. The number of hydrogen-bond donors (Lipinski definition) is 1. The normalized spacial score (nSPS) is 10.4. The van der Waals surface area contributed by atoms with Crippen molar-refractivity contribution >= 4 is 5.95 Å². The minimum Gasteiger partial charge on any atom is -0.368 e. The van der Waals surface area contributed by atoms with Crippen molar-refractivity contribution in [3.63, 3.8) is 0 Å². The molecular weight excluding hydrogens is 286 g/mol. The number of nitrogen functional groups attached to an aromatic ring is 1.